The molecule has 27 heavy (non-hydrogen) atoms. The molecule has 0 aliphatic carbocycles. The maximum atomic E-state index is 10.1. The molecule has 8 nitrogen and oxygen atoms in total. The average molecular weight is 374 g/mol. The van der Waals surface area contributed by atoms with Gasteiger partial charge in [0.05, 0.1) is 31.6 Å². The number of hydrogen-bond donors (Lipinski definition) is 3. The number of benzene rings is 1. The van der Waals surface area contributed by atoms with Crippen LogP contribution in [-0.4, -0.2) is 41.4 Å². The van der Waals surface area contributed by atoms with Crippen LogP contribution >= 0.6 is 0 Å². The first-order valence-corrected chi connectivity index (χ1v) is 8.60. The number of allylic oxidation sites excluding steroid dienone is 1. The van der Waals surface area contributed by atoms with Gasteiger partial charge >= 0.3 is 0 Å². The number of anilines is 1. The summed E-state index contributed by atoms with van der Waals surface area (Å²) in [4.78, 5) is 15.4. The normalized spacial score (nSPS) is 15.6. The van der Waals surface area contributed by atoms with E-state index in [0.717, 1.165) is 29.8 Å². The molecule has 0 saturated heterocycles. The van der Waals surface area contributed by atoms with Crippen molar-refractivity contribution in [1.82, 2.24) is 15.3 Å². The van der Waals surface area contributed by atoms with Crippen LogP contribution in [0.5, 0.6) is 11.5 Å². The van der Waals surface area contributed by atoms with Gasteiger partial charge < -0.3 is 24.8 Å². The summed E-state index contributed by atoms with van der Waals surface area (Å²) in [5.74, 6) is 1.44. The van der Waals surface area contributed by atoms with Gasteiger partial charge in [0.1, 0.15) is 12.0 Å². The number of rotatable bonds is 6. The predicted octanol–water partition coefficient (Wildman–Crippen LogP) is 2.26. The van der Waals surface area contributed by atoms with Crippen LogP contribution in [0.15, 0.2) is 41.9 Å². The fourth-order valence-corrected chi connectivity index (χ4v) is 2.58. The van der Waals surface area contributed by atoms with Gasteiger partial charge in [0, 0.05) is 25.2 Å². The number of phenolic OH excluding ortho intramolecular Hbond substituents is 1. The Bertz CT molecular complexity index is 801. The van der Waals surface area contributed by atoms with E-state index in [2.05, 4.69) is 22.8 Å². The summed E-state index contributed by atoms with van der Waals surface area (Å²) < 4.78 is 6.74. The number of nitrogens with one attached hydrogen (secondary N) is 2. The van der Waals surface area contributed by atoms with E-state index in [1.54, 1.807) is 12.1 Å². The van der Waals surface area contributed by atoms with E-state index in [1.165, 1.54) is 18.7 Å². The molecule has 3 rings (SSSR count). The number of hydrogen-bond acceptors (Lipinski definition) is 7. The first-order chi connectivity index (χ1) is 13.0. The second kappa shape index (κ2) is 9.63. The average Bonchev–Trinajstić information content (AvgIpc) is 3.24. The lowest BCUT2D eigenvalue weighted by Gasteiger charge is -2.06. The van der Waals surface area contributed by atoms with Gasteiger partial charge in [-0.05, 0) is 31.5 Å². The summed E-state index contributed by atoms with van der Waals surface area (Å²) in [6.07, 6.45) is 4.90. The van der Waals surface area contributed by atoms with Gasteiger partial charge in [0.25, 0.3) is 0 Å². The van der Waals surface area contributed by atoms with E-state index in [0.29, 0.717) is 12.2 Å². The highest BCUT2D eigenvalue weighted by Gasteiger charge is 2.20. The number of carbonyl (C=O) groups is 1. The number of aldehydes is 1. The van der Waals surface area contributed by atoms with Gasteiger partial charge in [-0.25, -0.2) is 0 Å². The van der Waals surface area contributed by atoms with Crippen molar-refractivity contribution < 1.29 is 19.5 Å². The number of phenols is 1. The summed E-state index contributed by atoms with van der Waals surface area (Å²) >= 11 is 0. The molecule has 0 saturated carbocycles. The summed E-state index contributed by atoms with van der Waals surface area (Å²) in [6, 6.07) is 5.15. The smallest absolute Gasteiger partial charge is 0.160 e. The molecule has 3 N–H and O–H groups in total. The van der Waals surface area contributed by atoms with Crippen molar-refractivity contribution in [2.45, 2.75) is 32.9 Å². The van der Waals surface area contributed by atoms with Crippen LogP contribution in [-0.2, 0) is 22.6 Å². The number of aromatic nitrogens is 2. The number of ether oxygens (including phenoxy) is 1. The Morgan fingerprint density at radius 3 is 2.78 bits per heavy atom. The third-order valence-electron chi connectivity index (χ3n) is 4.18. The molecule has 2 heterocycles. The zero-order valence-electron chi connectivity index (χ0n) is 16.0. The standard InChI is InChI=1S/C10H16N4O.C9H10O3/c1-7-10(8(2)15-13-7)6-14-5-9(11-3)4-12-14;1-12-9-3-2-7(4-5-10)6-8(9)11/h4-5,7,11,13H,6H2,1-3H3;2-3,5-6,11H,4H2,1H3. The largest absolute Gasteiger partial charge is 0.504 e. The highest BCUT2D eigenvalue weighted by molar-refractivity contribution is 5.56. The van der Waals surface area contributed by atoms with Crippen molar-refractivity contribution in [2.24, 2.45) is 0 Å². The fourth-order valence-electron chi connectivity index (χ4n) is 2.58. The molecule has 2 aromatic rings. The van der Waals surface area contributed by atoms with E-state index >= 15 is 0 Å². The van der Waals surface area contributed by atoms with Crippen molar-refractivity contribution >= 4 is 12.0 Å². The topological polar surface area (TPSA) is 97.6 Å². The quantitative estimate of drug-likeness (QED) is 0.667. The second-order valence-electron chi connectivity index (χ2n) is 6.08. The number of carbonyl (C=O) groups excluding carboxylic acids is 1. The summed E-state index contributed by atoms with van der Waals surface area (Å²) in [7, 11) is 3.36. The molecular formula is C19H26N4O4. The molecule has 146 valence electrons. The Kier molecular flexibility index (Phi) is 7.25. The Hall–Kier alpha value is -3.00. The zero-order valence-corrected chi connectivity index (χ0v) is 16.0. The molecule has 1 aliphatic heterocycles. The predicted molar refractivity (Wildman–Crippen MR) is 103 cm³/mol. The first kappa shape index (κ1) is 20.3. The van der Waals surface area contributed by atoms with Gasteiger partial charge in [-0.2, -0.15) is 10.6 Å². The minimum Gasteiger partial charge on any atom is -0.504 e. The van der Waals surface area contributed by atoms with E-state index in [-0.39, 0.29) is 11.8 Å². The molecule has 0 bridgehead atoms. The molecular weight excluding hydrogens is 348 g/mol. The summed E-state index contributed by atoms with van der Waals surface area (Å²) in [6.45, 7) is 4.81. The molecule has 1 aliphatic rings. The van der Waals surface area contributed by atoms with E-state index < -0.39 is 0 Å². The van der Waals surface area contributed by atoms with Crippen LogP contribution in [0.4, 0.5) is 5.69 Å². The maximum Gasteiger partial charge on any atom is 0.160 e. The molecule has 1 aromatic carbocycles. The van der Waals surface area contributed by atoms with Crippen LogP contribution in [0, 0.1) is 0 Å². The molecule has 1 unspecified atom stereocenters. The van der Waals surface area contributed by atoms with Crippen LogP contribution in [0.2, 0.25) is 0 Å². The van der Waals surface area contributed by atoms with Crippen molar-refractivity contribution in [3.8, 4) is 11.5 Å². The van der Waals surface area contributed by atoms with Crippen molar-refractivity contribution in [3.05, 3.63) is 47.5 Å². The Labute approximate surface area is 158 Å². The molecule has 8 heteroatoms. The second-order valence-corrected chi connectivity index (χ2v) is 6.08. The number of hydroxylamine groups is 1. The molecule has 1 atom stereocenters. The number of nitrogens with zero attached hydrogens (tertiary/aromatic N) is 2. The van der Waals surface area contributed by atoms with Gasteiger partial charge in [0.15, 0.2) is 11.5 Å². The van der Waals surface area contributed by atoms with Gasteiger partial charge in [0.2, 0.25) is 0 Å². The molecule has 0 fully saturated rings. The minimum absolute atomic E-state index is 0.0665. The van der Waals surface area contributed by atoms with Gasteiger partial charge in [-0.1, -0.05) is 6.07 Å². The van der Waals surface area contributed by atoms with Crippen LogP contribution < -0.4 is 15.5 Å². The summed E-state index contributed by atoms with van der Waals surface area (Å²) in [5.41, 5.74) is 5.97. The fraction of sp³-hybridized carbons (Fsp3) is 0.368. The SMILES string of the molecule is CNc1cnn(CC2=C(C)ONC2C)c1.COc1ccc(CC=O)cc1O. The number of aromatic hydroxyl groups is 1. The van der Waals surface area contributed by atoms with E-state index in [9.17, 15) is 9.90 Å². The molecule has 1 aromatic heterocycles. The van der Waals surface area contributed by atoms with Crippen LogP contribution in [0.25, 0.3) is 0 Å². The van der Waals surface area contributed by atoms with Gasteiger partial charge in [-0.15, -0.1) is 0 Å². The molecule has 0 amide bonds. The van der Waals surface area contributed by atoms with Crippen molar-refractivity contribution in [1.29, 1.82) is 0 Å². The Balaban J connectivity index is 0.000000199. The van der Waals surface area contributed by atoms with Crippen LogP contribution in [0.3, 0.4) is 0 Å². The highest BCUT2D eigenvalue weighted by Crippen LogP contribution is 2.26. The third-order valence-corrected chi connectivity index (χ3v) is 4.18. The Morgan fingerprint density at radius 2 is 2.26 bits per heavy atom. The monoisotopic (exact) mass is 374 g/mol. The minimum atomic E-state index is 0.0665. The lowest BCUT2D eigenvalue weighted by atomic mass is 10.1. The lowest BCUT2D eigenvalue weighted by molar-refractivity contribution is -0.107. The highest BCUT2D eigenvalue weighted by atomic mass is 16.7. The first-order valence-electron chi connectivity index (χ1n) is 8.60. The van der Waals surface area contributed by atoms with E-state index in [1.807, 2.05) is 31.0 Å². The van der Waals surface area contributed by atoms with Crippen molar-refractivity contribution in [2.75, 3.05) is 19.5 Å². The summed E-state index contributed by atoms with van der Waals surface area (Å²) in [5, 5.41) is 16.6. The van der Waals surface area contributed by atoms with E-state index in [4.69, 9.17) is 9.57 Å². The van der Waals surface area contributed by atoms with Crippen LogP contribution in [0.1, 0.15) is 19.4 Å². The Morgan fingerprint density at radius 1 is 1.48 bits per heavy atom. The van der Waals surface area contributed by atoms with Crippen molar-refractivity contribution in [3.63, 3.8) is 0 Å². The molecule has 0 radical (unpaired) electrons. The molecule has 0 spiro atoms. The maximum absolute atomic E-state index is 10.1. The zero-order chi connectivity index (χ0) is 19.8. The number of methoxy groups -OCH3 is 1. The lowest BCUT2D eigenvalue weighted by Crippen LogP contribution is -2.21. The third kappa shape index (κ3) is 5.49. The van der Waals surface area contributed by atoms with Gasteiger partial charge in [-0.3, -0.25) is 4.68 Å².